The van der Waals surface area contributed by atoms with Crippen LogP contribution in [-0.4, -0.2) is 24.4 Å². The molecule has 3 rings (SSSR count). The number of rotatable bonds is 6. The summed E-state index contributed by atoms with van der Waals surface area (Å²) in [4.78, 5) is 25.2. The molecule has 134 valence electrons. The number of carbonyl (C=O) groups excluding carboxylic acids is 2. The first kappa shape index (κ1) is 17.5. The van der Waals surface area contributed by atoms with Gasteiger partial charge < -0.3 is 10.6 Å². The van der Waals surface area contributed by atoms with Crippen molar-refractivity contribution in [3.05, 3.63) is 11.6 Å². The molecule has 2 saturated carbocycles. The Hall–Kier alpha value is -1.32. The van der Waals surface area contributed by atoms with Crippen LogP contribution >= 0.6 is 0 Å². The number of allylic oxidation sites excluding steroid dienone is 1. The molecule has 0 radical (unpaired) electrons. The minimum absolute atomic E-state index is 0.0243. The Morgan fingerprint density at radius 3 is 2.38 bits per heavy atom. The molecule has 0 aromatic rings. The van der Waals surface area contributed by atoms with Crippen LogP contribution in [0.1, 0.15) is 83.5 Å². The molecular formula is C20H32N2O2. The van der Waals surface area contributed by atoms with E-state index in [1.54, 1.807) is 0 Å². The molecule has 3 aliphatic carbocycles. The smallest absolute Gasteiger partial charge is 0.235 e. The van der Waals surface area contributed by atoms with Crippen molar-refractivity contribution in [3.63, 3.8) is 0 Å². The van der Waals surface area contributed by atoms with E-state index in [0.717, 1.165) is 19.3 Å². The van der Waals surface area contributed by atoms with Crippen LogP contribution in [0.2, 0.25) is 0 Å². The summed E-state index contributed by atoms with van der Waals surface area (Å²) in [6, 6.07) is 0.276. The largest absolute Gasteiger partial charge is 0.355 e. The van der Waals surface area contributed by atoms with Crippen molar-refractivity contribution in [2.45, 2.75) is 89.5 Å². The first-order chi connectivity index (χ1) is 11.7. The molecule has 0 aromatic carbocycles. The van der Waals surface area contributed by atoms with Gasteiger partial charge in [-0.3, -0.25) is 9.59 Å². The molecule has 0 spiro atoms. The molecule has 0 aliphatic heterocycles. The second-order valence-corrected chi connectivity index (χ2v) is 7.86. The van der Waals surface area contributed by atoms with E-state index in [0.29, 0.717) is 19.4 Å². The minimum Gasteiger partial charge on any atom is -0.355 e. The number of carbonyl (C=O) groups is 2. The molecular weight excluding hydrogens is 300 g/mol. The monoisotopic (exact) mass is 332 g/mol. The van der Waals surface area contributed by atoms with Crippen molar-refractivity contribution < 1.29 is 9.59 Å². The lowest BCUT2D eigenvalue weighted by Gasteiger charge is -2.21. The van der Waals surface area contributed by atoms with Gasteiger partial charge >= 0.3 is 0 Å². The average molecular weight is 332 g/mol. The van der Waals surface area contributed by atoms with Gasteiger partial charge in [0.05, 0.1) is 0 Å². The van der Waals surface area contributed by atoms with Crippen LogP contribution < -0.4 is 10.6 Å². The number of amides is 2. The highest BCUT2D eigenvalue weighted by molar-refractivity contribution is 6.07. The van der Waals surface area contributed by atoms with Gasteiger partial charge in [0.2, 0.25) is 11.8 Å². The van der Waals surface area contributed by atoms with Crippen molar-refractivity contribution in [1.29, 1.82) is 0 Å². The number of hydrogen-bond acceptors (Lipinski definition) is 2. The lowest BCUT2D eigenvalue weighted by molar-refractivity contribution is -0.137. The fraction of sp³-hybridized carbons (Fsp3) is 0.800. The topological polar surface area (TPSA) is 58.2 Å². The zero-order chi connectivity index (χ0) is 16.8. The zero-order valence-corrected chi connectivity index (χ0v) is 14.9. The van der Waals surface area contributed by atoms with Crippen LogP contribution in [0.3, 0.4) is 0 Å². The van der Waals surface area contributed by atoms with Gasteiger partial charge in [-0.15, -0.1) is 0 Å². The predicted molar refractivity (Wildman–Crippen MR) is 95.5 cm³/mol. The second-order valence-electron chi connectivity index (χ2n) is 7.86. The normalized spacial score (nSPS) is 23.8. The van der Waals surface area contributed by atoms with Crippen molar-refractivity contribution in [3.8, 4) is 0 Å². The van der Waals surface area contributed by atoms with Crippen LogP contribution in [0.4, 0.5) is 0 Å². The van der Waals surface area contributed by atoms with Gasteiger partial charge in [0.25, 0.3) is 0 Å². The molecule has 0 saturated heterocycles. The molecule has 2 N–H and O–H groups in total. The summed E-state index contributed by atoms with van der Waals surface area (Å²) in [6.45, 7) is 0.670. The summed E-state index contributed by atoms with van der Waals surface area (Å²) >= 11 is 0. The van der Waals surface area contributed by atoms with Crippen molar-refractivity contribution in [2.75, 3.05) is 6.54 Å². The van der Waals surface area contributed by atoms with Crippen LogP contribution in [0.25, 0.3) is 0 Å². The van der Waals surface area contributed by atoms with Crippen LogP contribution in [-0.2, 0) is 9.59 Å². The third kappa shape index (κ3) is 4.40. The summed E-state index contributed by atoms with van der Waals surface area (Å²) in [5.41, 5.74) is 0.710. The van der Waals surface area contributed by atoms with Gasteiger partial charge in [-0.1, -0.05) is 37.3 Å². The Labute approximate surface area is 145 Å². The van der Waals surface area contributed by atoms with Gasteiger partial charge in [0, 0.05) is 12.6 Å². The Balaban J connectivity index is 1.44. The summed E-state index contributed by atoms with van der Waals surface area (Å²) in [6.07, 6.45) is 16.6. The van der Waals surface area contributed by atoms with E-state index < -0.39 is 5.41 Å². The highest BCUT2D eigenvalue weighted by Gasteiger charge is 2.56. The van der Waals surface area contributed by atoms with Gasteiger partial charge in [0.1, 0.15) is 5.41 Å². The Bertz CT molecular complexity index is 486. The molecule has 0 unspecified atom stereocenters. The lowest BCUT2D eigenvalue weighted by atomic mass is 9.97. The van der Waals surface area contributed by atoms with Crippen molar-refractivity contribution in [2.24, 2.45) is 5.41 Å². The first-order valence-electron chi connectivity index (χ1n) is 9.98. The Morgan fingerprint density at radius 1 is 1.00 bits per heavy atom. The second kappa shape index (κ2) is 8.17. The SMILES string of the molecule is O=C(NCCC1=CCCCC1)C1(C(=O)NC2CCCCCC2)CC1. The van der Waals surface area contributed by atoms with E-state index in [-0.39, 0.29) is 17.9 Å². The molecule has 2 fully saturated rings. The summed E-state index contributed by atoms with van der Waals surface area (Å²) in [7, 11) is 0. The van der Waals surface area contributed by atoms with Crippen molar-refractivity contribution in [1.82, 2.24) is 10.6 Å². The maximum atomic E-state index is 12.6. The number of nitrogens with one attached hydrogen (secondary N) is 2. The van der Waals surface area contributed by atoms with E-state index in [9.17, 15) is 9.59 Å². The predicted octanol–water partition coefficient (Wildman–Crippen LogP) is 3.61. The quantitative estimate of drug-likeness (QED) is 0.443. The standard InChI is InChI=1S/C20H32N2O2/c23-18(21-15-12-16-8-4-3-5-9-16)20(13-14-20)19(24)22-17-10-6-1-2-7-11-17/h8,17H,1-7,9-15H2,(H,21,23)(H,22,24). The Kier molecular flexibility index (Phi) is 5.96. The van der Waals surface area contributed by atoms with Gasteiger partial charge in [0.15, 0.2) is 0 Å². The van der Waals surface area contributed by atoms with Crippen LogP contribution in [0.15, 0.2) is 11.6 Å². The highest BCUT2D eigenvalue weighted by atomic mass is 16.2. The minimum atomic E-state index is -0.757. The fourth-order valence-corrected chi connectivity index (χ4v) is 4.07. The van der Waals surface area contributed by atoms with Gasteiger partial charge in [-0.05, 0) is 57.8 Å². The maximum Gasteiger partial charge on any atom is 0.235 e. The van der Waals surface area contributed by atoms with E-state index >= 15 is 0 Å². The highest BCUT2D eigenvalue weighted by Crippen LogP contribution is 2.46. The molecule has 24 heavy (non-hydrogen) atoms. The van der Waals surface area contributed by atoms with Gasteiger partial charge in [-0.2, -0.15) is 0 Å². The lowest BCUT2D eigenvalue weighted by Crippen LogP contribution is -2.46. The zero-order valence-electron chi connectivity index (χ0n) is 14.9. The van der Waals surface area contributed by atoms with Crippen molar-refractivity contribution >= 4 is 11.8 Å². The average Bonchev–Trinajstić information content (AvgIpc) is 3.41. The van der Waals surface area contributed by atoms with Crippen LogP contribution in [0, 0.1) is 5.41 Å². The maximum absolute atomic E-state index is 12.6. The first-order valence-corrected chi connectivity index (χ1v) is 9.98. The van der Waals surface area contributed by atoms with Crippen LogP contribution in [0.5, 0.6) is 0 Å². The summed E-state index contributed by atoms with van der Waals surface area (Å²) in [5.74, 6) is -0.0752. The molecule has 0 heterocycles. The molecule has 0 atom stereocenters. The third-order valence-corrected chi connectivity index (χ3v) is 5.93. The Morgan fingerprint density at radius 2 is 1.75 bits per heavy atom. The molecule has 0 bridgehead atoms. The fourth-order valence-electron chi connectivity index (χ4n) is 4.07. The van der Waals surface area contributed by atoms with E-state index in [2.05, 4.69) is 16.7 Å². The summed E-state index contributed by atoms with van der Waals surface area (Å²) < 4.78 is 0. The molecule has 4 nitrogen and oxygen atoms in total. The van der Waals surface area contributed by atoms with E-state index in [1.807, 2.05) is 0 Å². The van der Waals surface area contributed by atoms with E-state index in [1.165, 1.54) is 56.9 Å². The summed E-state index contributed by atoms with van der Waals surface area (Å²) in [5, 5.41) is 6.19. The molecule has 2 amide bonds. The molecule has 4 heteroatoms. The molecule has 3 aliphatic rings. The molecule has 0 aromatic heterocycles. The third-order valence-electron chi connectivity index (χ3n) is 5.93. The number of hydrogen-bond donors (Lipinski definition) is 2. The van der Waals surface area contributed by atoms with Gasteiger partial charge in [-0.25, -0.2) is 0 Å². The van der Waals surface area contributed by atoms with E-state index in [4.69, 9.17) is 0 Å².